The molecule has 144 valence electrons. The zero-order chi connectivity index (χ0) is 19.4. The van der Waals surface area contributed by atoms with Crippen LogP contribution < -0.4 is 15.0 Å². The van der Waals surface area contributed by atoms with Gasteiger partial charge in [0.25, 0.3) is 0 Å². The lowest BCUT2D eigenvalue weighted by Gasteiger charge is -2.41. The molecule has 1 N–H and O–H groups in total. The summed E-state index contributed by atoms with van der Waals surface area (Å²) in [5, 5.41) is 3.47. The third-order valence-electron chi connectivity index (χ3n) is 4.88. The van der Waals surface area contributed by atoms with E-state index in [4.69, 9.17) is 16.3 Å². The van der Waals surface area contributed by atoms with Gasteiger partial charge in [0, 0.05) is 36.4 Å². The van der Waals surface area contributed by atoms with Gasteiger partial charge in [-0.15, -0.1) is 0 Å². The Hall–Kier alpha value is -2.24. The van der Waals surface area contributed by atoms with Gasteiger partial charge in [-0.1, -0.05) is 29.3 Å². The molecule has 1 saturated heterocycles. The third kappa shape index (κ3) is 4.93. The molecule has 6 heteroatoms. The van der Waals surface area contributed by atoms with Crippen LogP contribution in [0.15, 0.2) is 42.5 Å². The monoisotopic (exact) mass is 387 g/mol. The largest absolute Gasteiger partial charge is 0.495 e. The van der Waals surface area contributed by atoms with E-state index in [1.165, 1.54) is 11.3 Å². The van der Waals surface area contributed by atoms with E-state index in [1.807, 2.05) is 0 Å². The summed E-state index contributed by atoms with van der Waals surface area (Å²) in [6.45, 7) is 7.23. The molecule has 1 atom stereocenters. The molecule has 1 fully saturated rings. The van der Waals surface area contributed by atoms with Gasteiger partial charge < -0.3 is 15.0 Å². The maximum absolute atomic E-state index is 12.5. The van der Waals surface area contributed by atoms with Crippen LogP contribution in [0.2, 0.25) is 5.02 Å². The highest BCUT2D eigenvalue weighted by Crippen LogP contribution is 2.27. The number of rotatable bonds is 5. The number of aryl methyl sites for hydroxylation is 1. The standard InChI is InChI=1S/C21H26ClN3O2/c1-15-4-7-18(8-5-15)25-11-10-24(13-16(25)2)14-21(26)23-19-12-17(22)6-9-20(19)27-3/h4-9,12,16H,10-11,13-14H2,1-3H3,(H,23,26). The van der Waals surface area contributed by atoms with Crippen molar-refractivity contribution in [3.63, 3.8) is 0 Å². The predicted octanol–water partition coefficient (Wildman–Crippen LogP) is 3.81. The molecule has 0 spiro atoms. The number of piperazine rings is 1. The van der Waals surface area contributed by atoms with Gasteiger partial charge in [-0.2, -0.15) is 0 Å². The van der Waals surface area contributed by atoms with Crippen molar-refractivity contribution < 1.29 is 9.53 Å². The first-order valence-electron chi connectivity index (χ1n) is 9.15. The molecule has 1 amide bonds. The van der Waals surface area contributed by atoms with Gasteiger partial charge in [-0.05, 0) is 44.2 Å². The van der Waals surface area contributed by atoms with Gasteiger partial charge in [0.2, 0.25) is 5.91 Å². The molecule has 0 saturated carbocycles. The second kappa shape index (κ2) is 8.63. The first-order chi connectivity index (χ1) is 13.0. The van der Waals surface area contributed by atoms with Gasteiger partial charge in [0.1, 0.15) is 5.75 Å². The molecule has 1 aliphatic heterocycles. The quantitative estimate of drug-likeness (QED) is 0.847. The van der Waals surface area contributed by atoms with Gasteiger partial charge in [0.15, 0.2) is 0 Å². The molecular weight excluding hydrogens is 362 g/mol. The van der Waals surface area contributed by atoms with Crippen molar-refractivity contribution in [2.45, 2.75) is 19.9 Å². The Morgan fingerprint density at radius 3 is 2.63 bits per heavy atom. The SMILES string of the molecule is COc1ccc(Cl)cc1NC(=O)CN1CCN(c2ccc(C)cc2)C(C)C1. The smallest absolute Gasteiger partial charge is 0.238 e. The van der Waals surface area contributed by atoms with Crippen molar-refractivity contribution in [3.05, 3.63) is 53.1 Å². The molecule has 0 aliphatic carbocycles. The van der Waals surface area contributed by atoms with Crippen LogP contribution in [0.3, 0.4) is 0 Å². The fraction of sp³-hybridized carbons (Fsp3) is 0.381. The summed E-state index contributed by atoms with van der Waals surface area (Å²) < 4.78 is 5.29. The highest BCUT2D eigenvalue weighted by Gasteiger charge is 2.25. The minimum atomic E-state index is -0.0634. The molecule has 2 aromatic rings. The molecule has 0 bridgehead atoms. The van der Waals surface area contributed by atoms with Crippen LogP contribution in [0.5, 0.6) is 5.75 Å². The van der Waals surface area contributed by atoms with Crippen molar-refractivity contribution >= 4 is 28.9 Å². The number of nitrogens with one attached hydrogen (secondary N) is 1. The molecule has 1 heterocycles. The van der Waals surface area contributed by atoms with Crippen LogP contribution >= 0.6 is 11.6 Å². The lowest BCUT2D eigenvalue weighted by molar-refractivity contribution is -0.117. The number of nitrogens with zero attached hydrogens (tertiary/aromatic N) is 2. The summed E-state index contributed by atoms with van der Waals surface area (Å²) in [4.78, 5) is 17.1. The maximum Gasteiger partial charge on any atom is 0.238 e. The van der Waals surface area contributed by atoms with Crippen molar-refractivity contribution in [2.24, 2.45) is 0 Å². The Kier molecular flexibility index (Phi) is 6.24. The van der Waals surface area contributed by atoms with E-state index in [0.29, 0.717) is 29.0 Å². The zero-order valence-corrected chi connectivity index (χ0v) is 16.8. The number of halogens is 1. The number of ether oxygens (including phenoxy) is 1. The number of amides is 1. The molecule has 2 aromatic carbocycles. The summed E-state index contributed by atoms with van der Waals surface area (Å²) >= 11 is 6.03. The second-order valence-corrected chi connectivity index (χ2v) is 7.44. The highest BCUT2D eigenvalue weighted by atomic mass is 35.5. The first kappa shape index (κ1) is 19.5. The number of hydrogen-bond acceptors (Lipinski definition) is 4. The number of benzene rings is 2. The zero-order valence-electron chi connectivity index (χ0n) is 16.0. The average Bonchev–Trinajstić information content (AvgIpc) is 2.63. The van der Waals surface area contributed by atoms with E-state index in [2.05, 4.69) is 53.2 Å². The van der Waals surface area contributed by atoms with Crippen molar-refractivity contribution in [1.29, 1.82) is 0 Å². The summed E-state index contributed by atoms with van der Waals surface area (Å²) in [5.41, 5.74) is 3.10. The fourth-order valence-electron chi connectivity index (χ4n) is 3.47. The molecular formula is C21H26ClN3O2. The number of carbonyl (C=O) groups excluding carboxylic acids is 1. The number of carbonyl (C=O) groups is 1. The van der Waals surface area contributed by atoms with E-state index in [-0.39, 0.29) is 5.91 Å². The number of anilines is 2. The molecule has 3 rings (SSSR count). The van der Waals surface area contributed by atoms with E-state index in [9.17, 15) is 4.79 Å². The molecule has 1 unspecified atom stereocenters. The van der Waals surface area contributed by atoms with Crippen LogP contribution in [0.4, 0.5) is 11.4 Å². The van der Waals surface area contributed by atoms with Crippen LogP contribution in [-0.2, 0) is 4.79 Å². The second-order valence-electron chi connectivity index (χ2n) is 7.01. The Morgan fingerprint density at radius 2 is 1.96 bits per heavy atom. The third-order valence-corrected chi connectivity index (χ3v) is 5.12. The first-order valence-corrected chi connectivity index (χ1v) is 9.53. The molecule has 5 nitrogen and oxygen atoms in total. The Morgan fingerprint density at radius 1 is 1.22 bits per heavy atom. The van der Waals surface area contributed by atoms with Crippen LogP contribution in [-0.4, -0.2) is 50.1 Å². The molecule has 1 aliphatic rings. The Balaban J connectivity index is 1.57. The summed E-state index contributed by atoms with van der Waals surface area (Å²) in [6, 6.07) is 14.1. The summed E-state index contributed by atoms with van der Waals surface area (Å²) in [5.74, 6) is 0.539. The molecule has 0 radical (unpaired) electrons. The van der Waals surface area contributed by atoms with Crippen LogP contribution in [0, 0.1) is 6.92 Å². The van der Waals surface area contributed by atoms with E-state index in [0.717, 1.165) is 19.6 Å². The normalized spacial score (nSPS) is 17.6. The molecule has 0 aromatic heterocycles. The topological polar surface area (TPSA) is 44.8 Å². The highest BCUT2D eigenvalue weighted by molar-refractivity contribution is 6.31. The van der Waals surface area contributed by atoms with Crippen molar-refractivity contribution in [3.8, 4) is 5.75 Å². The van der Waals surface area contributed by atoms with Crippen LogP contribution in [0.25, 0.3) is 0 Å². The lowest BCUT2D eigenvalue weighted by Crippen LogP contribution is -2.53. The van der Waals surface area contributed by atoms with E-state index >= 15 is 0 Å². The summed E-state index contributed by atoms with van der Waals surface area (Å²) in [7, 11) is 1.57. The minimum Gasteiger partial charge on any atom is -0.495 e. The number of methoxy groups -OCH3 is 1. The van der Waals surface area contributed by atoms with Gasteiger partial charge in [-0.25, -0.2) is 0 Å². The lowest BCUT2D eigenvalue weighted by atomic mass is 10.1. The minimum absolute atomic E-state index is 0.0634. The average molecular weight is 388 g/mol. The predicted molar refractivity (Wildman–Crippen MR) is 111 cm³/mol. The Labute approximate surface area is 165 Å². The van der Waals surface area contributed by atoms with Crippen molar-refractivity contribution in [2.75, 3.05) is 43.5 Å². The van der Waals surface area contributed by atoms with Crippen molar-refractivity contribution in [1.82, 2.24) is 4.90 Å². The van der Waals surface area contributed by atoms with E-state index < -0.39 is 0 Å². The fourth-order valence-corrected chi connectivity index (χ4v) is 3.64. The summed E-state index contributed by atoms with van der Waals surface area (Å²) in [6.07, 6.45) is 0. The van der Waals surface area contributed by atoms with Crippen LogP contribution in [0.1, 0.15) is 12.5 Å². The van der Waals surface area contributed by atoms with Gasteiger partial charge >= 0.3 is 0 Å². The maximum atomic E-state index is 12.5. The van der Waals surface area contributed by atoms with E-state index in [1.54, 1.807) is 25.3 Å². The number of hydrogen-bond donors (Lipinski definition) is 1. The van der Waals surface area contributed by atoms with Gasteiger partial charge in [0.05, 0.1) is 19.3 Å². The van der Waals surface area contributed by atoms with Gasteiger partial charge in [-0.3, -0.25) is 9.69 Å². The Bertz CT molecular complexity index is 795. The molecule has 27 heavy (non-hydrogen) atoms.